The Morgan fingerprint density at radius 1 is 0.778 bits per heavy atom. The molecule has 0 bridgehead atoms. The Balaban J connectivity index is 1.54. The fourth-order valence-corrected chi connectivity index (χ4v) is 1.83. The van der Waals surface area contributed by atoms with E-state index in [1.807, 2.05) is 30.3 Å². The molecule has 2 aromatic carbocycles. The highest BCUT2D eigenvalue weighted by Gasteiger charge is 1.95. The minimum absolute atomic E-state index is 0.763. The van der Waals surface area contributed by atoms with Gasteiger partial charge in [0.15, 0.2) is 0 Å². The molecule has 0 aliphatic carbocycles. The normalized spacial score (nSPS) is 10.2. The van der Waals surface area contributed by atoms with Gasteiger partial charge >= 0.3 is 0 Å². The van der Waals surface area contributed by atoms with Crippen molar-refractivity contribution in [2.24, 2.45) is 0 Å². The minimum atomic E-state index is 0.763. The van der Waals surface area contributed by atoms with E-state index in [1.165, 1.54) is 5.56 Å². The molecule has 2 aromatic rings. The van der Waals surface area contributed by atoms with Crippen LogP contribution in [0.2, 0.25) is 0 Å². The molecule has 2 N–H and O–H groups in total. The first-order chi connectivity index (χ1) is 8.95. The van der Waals surface area contributed by atoms with Crippen molar-refractivity contribution in [3.05, 3.63) is 66.2 Å². The van der Waals surface area contributed by atoms with Crippen LogP contribution in [0.4, 0.5) is 0 Å². The SMILES string of the molecule is c1ccc(CC[NH2+]CCOc2ccccc2)cc1. The van der Waals surface area contributed by atoms with Gasteiger partial charge in [0, 0.05) is 6.42 Å². The summed E-state index contributed by atoms with van der Waals surface area (Å²) in [6, 6.07) is 20.6. The Hall–Kier alpha value is -1.80. The third kappa shape index (κ3) is 4.60. The molecule has 0 saturated carbocycles. The zero-order valence-electron chi connectivity index (χ0n) is 10.6. The summed E-state index contributed by atoms with van der Waals surface area (Å²) in [5.41, 5.74) is 1.40. The number of para-hydroxylation sites is 1. The largest absolute Gasteiger partial charge is 0.488 e. The van der Waals surface area contributed by atoms with Gasteiger partial charge in [-0.1, -0.05) is 48.5 Å². The maximum atomic E-state index is 5.63. The Morgan fingerprint density at radius 2 is 1.44 bits per heavy atom. The molecule has 0 heterocycles. The van der Waals surface area contributed by atoms with E-state index in [0.717, 1.165) is 31.9 Å². The Kier molecular flexibility index (Phi) is 5.28. The quantitative estimate of drug-likeness (QED) is 0.737. The Morgan fingerprint density at radius 3 is 2.17 bits per heavy atom. The van der Waals surface area contributed by atoms with Gasteiger partial charge in [-0.3, -0.25) is 0 Å². The average Bonchev–Trinajstić information content (AvgIpc) is 2.45. The molecule has 94 valence electrons. The van der Waals surface area contributed by atoms with E-state index in [4.69, 9.17) is 4.74 Å². The lowest BCUT2D eigenvalue weighted by atomic mass is 10.1. The molecule has 18 heavy (non-hydrogen) atoms. The fourth-order valence-electron chi connectivity index (χ4n) is 1.83. The summed E-state index contributed by atoms with van der Waals surface area (Å²) in [4.78, 5) is 0. The van der Waals surface area contributed by atoms with Crippen LogP contribution in [0.15, 0.2) is 60.7 Å². The van der Waals surface area contributed by atoms with Crippen molar-refractivity contribution < 1.29 is 10.1 Å². The van der Waals surface area contributed by atoms with Crippen molar-refractivity contribution in [2.75, 3.05) is 19.7 Å². The van der Waals surface area contributed by atoms with Gasteiger partial charge in [0.05, 0.1) is 6.54 Å². The summed E-state index contributed by atoms with van der Waals surface area (Å²) in [5.74, 6) is 0.953. The van der Waals surface area contributed by atoms with E-state index in [9.17, 15) is 0 Å². The van der Waals surface area contributed by atoms with Crippen LogP contribution < -0.4 is 10.1 Å². The number of benzene rings is 2. The summed E-state index contributed by atoms with van der Waals surface area (Å²) < 4.78 is 5.63. The van der Waals surface area contributed by atoms with Gasteiger partial charge in [-0.05, 0) is 17.7 Å². The van der Waals surface area contributed by atoms with Crippen LogP contribution in [0.5, 0.6) is 5.75 Å². The lowest BCUT2D eigenvalue weighted by Gasteiger charge is -2.05. The van der Waals surface area contributed by atoms with Crippen LogP contribution in [0.3, 0.4) is 0 Å². The molecular formula is C16H20NO+. The van der Waals surface area contributed by atoms with E-state index >= 15 is 0 Å². The van der Waals surface area contributed by atoms with Crippen molar-refractivity contribution in [3.63, 3.8) is 0 Å². The van der Waals surface area contributed by atoms with Gasteiger partial charge in [-0.2, -0.15) is 0 Å². The van der Waals surface area contributed by atoms with Crippen LogP contribution in [-0.4, -0.2) is 19.7 Å². The number of hydrogen-bond donors (Lipinski definition) is 1. The fraction of sp³-hybridized carbons (Fsp3) is 0.250. The van der Waals surface area contributed by atoms with Crippen molar-refractivity contribution in [3.8, 4) is 5.75 Å². The second kappa shape index (κ2) is 7.51. The van der Waals surface area contributed by atoms with Crippen molar-refractivity contribution in [1.29, 1.82) is 0 Å². The second-order valence-electron chi connectivity index (χ2n) is 4.26. The maximum Gasteiger partial charge on any atom is 0.137 e. The molecule has 2 heteroatoms. The maximum absolute atomic E-state index is 5.63. The molecule has 0 atom stereocenters. The lowest BCUT2D eigenvalue weighted by Crippen LogP contribution is -2.85. The van der Waals surface area contributed by atoms with E-state index in [0.29, 0.717) is 0 Å². The predicted octanol–water partition coefficient (Wildman–Crippen LogP) is 1.87. The molecule has 0 saturated heterocycles. The minimum Gasteiger partial charge on any atom is -0.488 e. The summed E-state index contributed by atoms with van der Waals surface area (Å²) >= 11 is 0. The van der Waals surface area contributed by atoms with Crippen LogP contribution >= 0.6 is 0 Å². The van der Waals surface area contributed by atoms with Gasteiger partial charge in [0.2, 0.25) is 0 Å². The van der Waals surface area contributed by atoms with E-state index in [2.05, 4.69) is 35.6 Å². The first kappa shape index (κ1) is 12.7. The number of rotatable bonds is 7. The van der Waals surface area contributed by atoms with Crippen LogP contribution in [0, 0.1) is 0 Å². The highest BCUT2D eigenvalue weighted by atomic mass is 16.5. The highest BCUT2D eigenvalue weighted by Crippen LogP contribution is 2.06. The molecule has 0 radical (unpaired) electrons. The summed E-state index contributed by atoms with van der Waals surface area (Å²) in [6.45, 7) is 2.88. The second-order valence-corrected chi connectivity index (χ2v) is 4.26. The van der Waals surface area contributed by atoms with Crippen molar-refractivity contribution in [1.82, 2.24) is 0 Å². The van der Waals surface area contributed by atoms with E-state index < -0.39 is 0 Å². The molecule has 0 amide bonds. The highest BCUT2D eigenvalue weighted by molar-refractivity contribution is 5.20. The predicted molar refractivity (Wildman–Crippen MR) is 73.7 cm³/mol. The molecule has 0 aliphatic heterocycles. The van der Waals surface area contributed by atoms with Gasteiger partial charge in [0.25, 0.3) is 0 Å². The van der Waals surface area contributed by atoms with Crippen LogP contribution in [0.25, 0.3) is 0 Å². The molecule has 0 aromatic heterocycles. The molecule has 2 nitrogen and oxygen atoms in total. The van der Waals surface area contributed by atoms with Crippen LogP contribution in [-0.2, 0) is 6.42 Å². The zero-order valence-corrected chi connectivity index (χ0v) is 10.6. The molecule has 0 aliphatic rings. The first-order valence-corrected chi connectivity index (χ1v) is 6.48. The van der Waals surface area contributed by atoms with Gasteiger partial charge in [-0.25, -0.2) is 0 Å². The number of hydrogen-bond acceptors (Lipinski definition) is 1. The monoisotopic (exact) mass is 242 g/mol. The number of nitrogens with two attached hydrogens (primary N) is 1. The van der Waals surface area contributed by atoms with E-state index in [-0.39, 0.29) is 0 Å². The summed E-state index contributed by atoms with van der Waals surface area (Å²) in [7, 11) is 0. The first-order valence-electron chi connectivity index (χ1n) is 6.48. The smallest absolute Gasteiger partial charge is 0.137 e. The molecule has 0 spiro atoms. The zero-order chi connectivity index (χ0) is 12.5. The van der Waals surface area contributed by atoms with Crippen molar-refractivity contribution in [2.45, 2.75) is 6.42 Å². The standard InChI is InChI=1S/C16H19NO/c1-3-7-15(8-4-1)11-12-17-13-14-18-16-9-5-2-6-10-16/h1-10,17H,11-14H2/p+1. The Bertz CT molecular complexity index is 384. The van der Waals surface area contributed by atoms with Crippen LogP contribution in [0.1, 0.15) is 5.56 Å². The average molecular weight is 242 g/mol. The third-order valence-electron chi connectivity index (χ3n) is 2.81. The third-order valence-corrected chi connectivity index (χ3v) is 2.81. The van der Waals surface area contributed by atoms with Crippen molar-refractivity contribution >= 4 is 0 Å². The Labute approximate surface area is 109 Å². The molecular weight excluding hydrogens is 222 g/mol. The van der Waals surface area contributed by atoms with Gasteiger partial charge in [-0.15, -0.1) is 0 Å². The van der Waals surface area contributed by atoms with Gasteiger partial charge < -0.3 is 10.1 Å². The van der Waals surface area contributed by atoms with E-state index in [1.54, 1.807) is 0 Å². The van der Waals surface area contributed by atoms with Gasteiger partial charge in [0.1, 0.15) is 18.9 Å². The number of quaternary nitrogens is 1. The molecule has 2 rings (SSSR count). The molecule has 0 unspecified atom stereocenters. The lowest BCUT2D eigenvalue weighted by molar-refractivity contribution is -0.654. The summed E-state index contributed by atoms with van der Waals surface area (Å²) in [5, 5.41) is 2.30. The molecule has 0 fully saturated rings. The topological polar surface area (TPSA) is 25.8 Å². The summed E-state index contributed by atoms with van der Waals surface area (Å²) in [6.07, 6.45) is 1.12. The number of ether oxygens (including phenoxy) is 1.